The van der Waals surface area contributed by atoms with Crippen molar-refractivity contribution in [2.75, 3.05) is 12.0 Å². The van der Waals surface area contributed by atoms with Crippen LogP contribution in [0.3, 0.4) is 0 Å². The van der Waals surface area contributed by atoms with Gasteiger partial charge in [-0.3, -0.25) is 10.6 Å². The van der Waals surface area contributed by atoms with Crippen molar-refractivity contribution in [3.05, 3.63) is 24.3 Å². The number of benzene rings is 1. The Morgan fingerprint density at radius 3 is 2.32 bits per heavy atom. The van der Waals surface area contributed by atoms with Gasteiger partial charge in [-0.2, -0.15) is 0 Å². The summed E-state index contributed by atoms with van der Waals surface area (Å²) < 4.78 is 26.2. The molecule has 0 spiro atoms. The van der Waals surface area contributed by atoms with E-state index in [-0.39, 0.29) is 23.8 Å². The summed E-state index contributed by atoms with van der Waals surface area (Å²) in [6.07, 6.45) is 1.39. The number of rotatable bonds is 8. The second kappa shape index (κ2) is 7.07. The van der Waals surface area contributed by atoms with Crippen LogP contribution >= 0.6 is 0 Å². The highest BCUT2D eigenvalue weighted by Gasteiger charge is 2.12. The van der Waals surface area contributed by atoms with E-state index in [2.05, 4.69) is 10.1 Å². The summed E-state index contributed by atoms with van der Waals surface area (Å²) in [5.74, 6) is 4.81. The van der Waals surface area contributed by atoms with Crippen LogP contribution in [-0.4, -0.2) is 20.9 Å². The number of sulfonamides is 1. The van der Waals surface area contributed by atoms with Crippen LogP contribution in [0, 0.1) is 0 Å². The zero-order valence-electron chi connectivity index (χ0n) is 10.4. The average Bonchev–Trinajstić information content (AvgIpc) is 2.38. The highest BCUT2D eigenvalue weighted by Crippen LogP contribution is 2.12. The molecule has 19 heavy (non-hydrogen) atoms. The van der Waals surface area contributed by atoms with E-state index < -0.39 is 10.0 Å². The van der Waals surface area contributed by atoms with Crippen molar-refractivity contribution >= 4 is 21.6 Å². The Balaban J connectivity index is 2.48. The number of unbranched alkanes of at least 4 members (excludes halogenated alkanes) is 1. The van der Waals surface area contributed by atoms with Gasteiger partial charge in [0.2, 0.25) is 15.9 Å². The third-order valence-corrected chi connectivity index (χ3v) is 3.95. The number of nitrogens with one attached hydrogen (secondary N) is 2. The lowest BCUT2D eigenvalue weighted by Gasteiger charge is -2.07. The van der Waals surface area contributed by atoms with E-state index >= 15 is 0 Å². The van der Waals surface area contributed by atoms with Gasteiger partial charge in [-0.25, -0.2) is 13.1 Å². The molecule has 6 N–H and O–H groups in total. The van der Waals surface area contributed by atoms with E-state index in [0.717, 1.165) is 0 Å². The van der Waals surface area contributed by atoms with Crippen molar-refractivity contribution in [1.29, 1.82) is 0 Å². The van der Waals surface area contributed by atoms with Gasteiger partial charge in [-0.05, 0) is 37.1 Å². The topological polar surface area (TPSA) is 127 Å². The van der Waals surface area contributed by atoms with Crippen molar-refractivity contribution < 1.29 is 13.2 Å². The van der Waals surface area contributed by atoms with Gasteiger partial charge in [0.15, 0.2) is 0 Å². The third-order valence-electron chi connectivity index (χ3n) is 2.47. The lowest BCUT2D eigenvalue weighted by Crippen LogP contribution is -2.25. The Kier molecular flexibility index (Phi) is 5.74. The molecule has 1 aromatic carbocycles. The van der Waals surface area contributed by atoms with Crippen molar-refractivity contribution in [2.24, 2.45) is 11.6 Å². The van der Waals surface area contributed by atoms with Crippen molar-refractivity contribution in [2.45, 2.75) is 24.2 Å². The molecule has 0 unspecified atom stereocenters. The van der Waals surface area contributed by atoms with Gasteiger partial charge in [0, 0.05) is 18.7 Å². The molecule has 0 aliphatic rings. The van der Waals surface area contributed by atoms with Crippen LogP contribution in [0.1, 0.15) is 19.3 Å². The van der Waals surface area contributed by atoms with E-state index in [1.54, 1.807) is 12.1 Å². The Labute approximate surface area is 112 Å². The van der Waals surface area contributed by atoms with Gasteiger partial charge < -0.3 is 11.2 Å². The maximum Gasteiger partial charge on any atom is 0.240 e. The molecule has 0 heterocycles. The first-order valence-corrected chi connectivity index (χ1v) is 7.28. The van der Waals surface area contributed by atoms with Gasteiger partial charge in [0.05, 0.1) is 4.90 Å². The summed E-state index contributed by atoms with van der Waals surface area (Å²) >= 11 is 0. The van der Waals surface area contributed by atoms with Gasteiger partial charge in [-0.15, -0.1) is 0 Å². The molecule has 0 aliphatic heterocycles. The summed E-state index contributed by atoms with van der Waals surface area (Å²) in [6, 6.07) is 6.06. The number of nitrogens with two attached hydrogens (primary N) is 2. The molecule has 0 saturated heterocycles. The number of hydrogen-bond acceptors (Lipinski definition) is 5. The predicted molar refractivity (Wildman–Crippen MR) is 72.5 cm³/mol. The first kappa shape index (κ1) is 15.4. The second-order valence-corrected chi connectivity index (χ2v) is 5.76. The number of amides is 1. The summed E-state index contributed by atoms with van der Waals surface area (Å²) in [4.78, 5) is 10.7. The lowest BCUT2D eigenvalue weighted by atomic mass is 10.2. The third kappa shape index (κ3) is 5.25. The molecular formula is C11H18N4O3S. The summed E-state index contributed by atoms with van der Waals surface area (Å²) in [5.41, 5.74) is 8.03. The SMILES string of the molecule is NNc1ccc(S(=O)(=O)NCCCCC(N)=O)cc1. The van der Waals surface area contributed by atoms with Gasteiger partial charge in [0.25, 0.3) is 0 Å². The number of hydrogen-bond donors (Lipinski definition) is 4. The smallest absolute Gasteiger partial charge is 0.240 e. The molecule has 0 saturated carbocycles. The van der Waals surface area contributed by atoms with E-state index in [1.807, 2.05) is 0 Å². The maximum absolute atomic E-state index is 11.9. The van der Waals surface area contributed by atoms with Crippen molar-refractivity contribution in [1.82, 2.24) is 4.72 Å². The van der Waals surface area contributed by atoms with Crippen LogP contribution in [0.25, 0.3) is 0 Å². The van der Waals surface area contributed by atoms with Crippen molar-refractivity contribution in [3.8, 4) is 0 Å². The fourth-order valence-electron chi connectivity index (χ4n) is 1.44. The molecule has 1 aromatic rings. The molecule has 0 radical (unpaired) electrons. The zero-order valence-corrected chi connectivity index (χ0v) is 11.2. The highest BCUT2D eigenvalue weighted by molar-refractivity contribution is 7.89. The van der Waals surface area contributed by atoms with Crippen LogP contribution in [-0.2, 0) is 14.8 Å². The molecule has 1 amide bonds. The molecule has 0 bridgehead atoms. The molecule has 0 aromatic heterocycles. The van der Waals surface area contributed by atoms with E-state index in [0.29, 0.717) is 18.5 Å². The van der Waals surface area contributed by atoms with Gasteiger partial charge in [-0.1, -0.05) is 0 Å². The van der Waals surface area contributed by atoms with Crippen LogP contribution in [0.15, 0.2) is 29.2 Å². The second-order valence-electron chi connectivity index (χ2n) is 3.99. The van der Waals surface area contributed by atoms with E-state index in [1.165, 1.54) is 12.1 Å². The van der Waals surface area contributed by atoms with Crippen LogP contribution < -0.4 is 21.7 Å². The quantitative estimate of drug-likeness (QED) is 0.301. The number of nitrogen functional groups attached to an aromatic ring is 1. The molecule has 0 aliphatic carbocycles. The standard InChI is InChI=1S/C11H18N4O3S/c12-11(16)3-1-2-8-14-19(17,18)10-6-4-9(15-13)5-7-10/h4-7,14-15H,1-3,8,13H2,(H2,12,16). The number of primary amides is 1. The normalized spacial score (nSPS) is 11.2. The molecule has 1 rings (SSSR count). The van der Waals surface area contributed by atoms with E-state index in [9.17, 15) is 13.2 Å². The summed E-state index contributed by atoms with van der Waals surface area (Å²) in [6.45, 7) is 0.270. The minimum absolute atomic E-state index is 0.168. The van der Waals surface area contributed by atoms with Crippen LogP contribution in [0.4, 0.5) is 5.69 Å². The molecule has 0 fully saturated rings. The fraction of sp³-hybridized carbons (Fsp3) is 0.364. The minimum atomic E-state index is -3.52. The van der Waals surface area contributed by atoms with Crippen molar-refractivity contribution in [3.63, 3.8) is 0 Å². The van der Waals surface area contributed by atoms with Crippen LogP contribution in [0.2, 0.25) is 0 Å². The number of hydrazine groups is 1. The number of anilines is 1. The first-order chi connectivity index (χ1) is 8.95. The molecule has 0 atom stereocenters. The predicted octanol–water partition coefficient (Wildman–Crippen LogP) is -0.0939. The monoisotopic (exact) mass is 286 g/mol. The van der Waals surface area contributed by atoms with Gasteiger partial charge in [0.1, 0.15) is 0 Å². The molecule has 106 valence electrons. The Hall–Kier alpha value is -1.64. The Bertz CT molecular complexity index is 513. The fourth-order valence-corrected chi connectivity index (χ4v) is 2.52. The van der Waals surface area contributed by atoms with E-state index in [4.69, 9.17) is 11.6 Å². The number of carbonyl (C=O) groups excluding carboxylic acids is 1. The summed E-state index contributed by atoms with van der Waals surface area (Å²) in [5, 5.41) is 0. The summed E-state index contributed by atoms with van der Waals surface area (Å²) in [7, 11) is -3.52. The Morgan fingerprint density at radius 1 is 1.16 bits per heavy atom. The van der Waals surface area contributed by atoms with Gasteiger partial charge >= 0.3 is 0 Å². The molecular weight excluding hydrogens is 268 g/mol. The largest absolute Gasteiger partial charge is 0.370 e. The highest BCUT2D eigenvalue weighted by atomic mass is 32.2. The molecule has 7 nitrogen and oxygen atoms in total. The zero-order chi connectivity index (χ0) is 14.3. The van der Waals surface area contributed by atoms with Crippen LogP contribution in [0.5, 0.6) is 0 Å². The first-order valence-electron chi connectivity index (χ1n) is 5.80. The maximum atomic E-state index is 11.9. The Morgan fingerprint density at radius 2 is 1.79 bits per heavy atom. The average molecular weight is 286 g/mol. The lowest BCUT2D eigenvalue weighted by molar-refractivity contribution is -0.118. The molecule has 8 heteroatoms. The number of carbonyl (C=O) groups is 1. The minimum Gasteiger partial charge on any atom is -0.370 e.